The van der Waals surface area contributed by atoms with Gasteiger partial charge in [0.15, 0.2) is 0 Å². The lowest BCUT2D eigenvalue weighted by molar-refractivity contribution is -0.123. The standard InChI is InChI=1S/C27H36N2O2S/c28-20-27(14-4-1-5-15-27)19-26(30)29-16-13-22(18-23-10-7-17-32-23)31-25-12-6-9-21-8-2-3-11-24(21)25/h2-3,6-7,9-10,12,17,22H,1,4-5,8,11,13-16,18-20,28H2,(H,29,30). The van der Waals surface area contributed by atoms with Crippen LogP contribution in [0.15, 0.2) is 47.9 Å². The number of carbonyl (C=O) groups is 1. The smallest absolute Gasteiger partial charge is 0.220 e. The molecule has 4 nitrogen and oxygen atoms in total. The molecule has 1 unspecified atom stereocenters. The minimum atomic E-state index is 0.00578. The zero-order valence-electron chi connectivity index (χ0n) is 19.0. The zero-order chi connectivity index (χ0) is 22.2. The van der Waals surface area contributed by atoms with Crippen molar-refractivity contribution in [2.75, 3.05) is 13.1 Å². The van der Waals surface area contributed by atoms with Crippen molar-refractivity contribution in [2.45, 2.75) is 70.3 Å². The number of hydrogen-bond donors (Lipinski definition) is 2. The maximum Gasteiger partial charge on any atom is 0.220 e. The summed E-state index contributed by atoms with van der Waals surface area (Å²) in [5.41, 5.74) is 8.74. The number of nitrogens with one attached hydrogen (secondary N) is 1. The fourth-order valence-corrected chi connectivity index (χ4v) is 5.89. The molecule has 1 saturated carbocycles. The van der Waals surface area contributed by atoms with Crippen molar-refractivity contribution in [3.05, 3.63) is 63.9 Å². The Morgan fingerprint density at radius 1 is 1.12 bits per heavy atom. The second-order valence-corrected chi connectivity index (χ2v) is 10.4. The summed E-state index contributed by atoms with van der Waals surface area (Å²) in [6.45, 7) is 1.24. The van der Waals surface area contributed by atoms with Gasteiger partial charge in [-0.15, -0.1) is 11.3 Å². The molecule has 2 aliphatic rings. The number of hydrogen-bond acceptors (Lipinski definition) is 4. The maximum absolute atomic E-state index is 12.7. The van der Waals surface area contributed by atoms with E-state index in [0.29, 0.717) is 19.5 Å². The molecule has 1 fully saturated rings. The van der Waals surface area contributed by atoms with E-state index in [-0.39, 0.29) is 17.4 Å². The topological polar surface area (TPSA) is 64.4 Å². The van der Waals surface area contributed by atoms with Crippen LogP contribution in [0.1, 0.15) is 60.9 Å². The lowest BCUT2D eigenvalue weighted by atomic mass is 9.71. The first-order chi connectivity index (χ1) is 15.7. The van der Waals surface area contributed by atoms with Gasteiger partial charge in [-0.2, -0.15) is 0 Å². The molecule has 5 heteroatoms. The summed E-state index contributed by atoms with van der Waals surface area (Å²) in [5.74, 6) is 1.12. The van der Waals surface area contributed by atoms with Gasteiger partial charge >= 0.3 is 0 Å². The van der Waals surface area contributed by atoms with Gasteiger partial charge in [0.1, 0.15) is 11.9 Å². The molecule has 0 bridgehead atoms. The van der Waals surface area contributed by atoms with Crippen LogP contribution < -0.4 is 15.8 Å². The van der Waals surface area contributed by atoms with Crippen LogP contribution in [0, 0.1) is 5.41 Å². The van der Waals surface area contributed by atoms with Crippen molar-refractivity contribution >= 4 is 17.2 Å². The van der Waals surface area contributed by atoms with E-state index in [1.165, 1.54) is 35.3 Å². The molecule has 1 heterocycles. The summed E-state index contributed by atoms with van der Waals surface area (Å²) >= 11 is 1.76. The molecule has 0 radical (unpaired) electrons. The van der Waals surface area contributed by atoms with Crippen molar-refractivity contribution in [1.82, 2.24) is 5.32 Å². The van der Waals surface area contributed by atoms with Gasteiger partial charge in [-0.3, -0.25) is 4.79 Å². The van der Waals surface area contributed by atoms with E-state index in [1.54, 1.807) is 11.3 Å². The van der Waals surface area contributed by atoms with E-state index in [4.69, 9.17) is 10.5 Å². The first-order valence-electron chi connectivity index (χ1n) is 12.1. The molecular weight excluding hydrogens is 416 g/mol. The predicted molar refractivity (Wildman–Crippen MR) is 132 cm³/mol. The highest BCUT2D eigenvalue weighted by Crippen LogP contribution is 2.38. The quantitative estimate of drug-likeness (QED) is 0.487. The van der Waals surface area contributed by atoms with Crippen molar-refractivity contribution in [1.29, 1.82) is 0 Å². The molecule has 1 aromatic heterocycles. The molecule has 1 atom stereocenters. The normalized spacial score (nSPS) is 18.0. The van der Waals surface area contributed by atoms with E-state index in [0.717, 1.165) is 44.3 Å². The lowest BCUT2D eigenvalue weighted by Gasteiger charge is -2.35. The van der Waals surface area contributed by atoms with Gasteiger partial charge in [0.25, 0.3) is 0 Å². The molecule has 32 heavy (non-hydrogen) atoms. The Bertz CT molecular complexity index is 900. The summed E-state index contributed by atoms with van der Waals surface area (Å²) in [6.07, 6.45) is 14.4. The van der Waals surface area contributed by atoms with E-state index in [1.807, 2.05) is 0 Å². The van der Waals surface area contributed by atoms with Crippen molar-refractivity contribution in [3.8, 4) is 5.75 Å². The van der Waals surface area contributed by atoms with Crippen LogP contribution in [0.4, 0.5) is 0 Å². The largest absolute Gasteiger partial charge is 0.490 e. The molecule has 4 rings (SSSR count). The predicted octanol–water partition coefficient (Wildman–Crippen LogP) is 5.20. The summed E-state index contributed by atoms with van der Waals surface area (Å²) < 4.78 is 6.56. The molecule has 172 valence electrons. The molecule has 0 spiro atoms. The average Bonchev–Trinajstić information content (AvgIpc) is 3.33. The highest BCUT2D eigenvalue weighted by molar-refractivity contribution is 7.09. The van der Waals surface area contributed by atoms with Crippen LogP contribution in [0.5, 0.6) is 5.75 Å². The van der Waals surface area contributed by atoms with E-state index in [9.17, 15) is 4.79 Å². The first kappa shape index (κ1) is 23.1. The highest BCUT2D eigenvalue weighted by Gasteiger charge is 2.32. The number of rotatable bonds is 10. The van der Waals surface area contributed by atoms with Gasteiger partial charge < -0.3 is 15.8 Å². The molecule has 0 aliphatic heterocycles. The summed E-state index contributed by atoms with van der Waals surface area (Å²) in [7, 11) is 0. The number of allylic oxidation sites excluding steroid dienone is 2. The van der Waals surface area contributed by atoms with E-state index < -0.39 is 0 Å². The molecule has 3 N–H and O–H groups in total. The second-order valence-electron chi connectivity index (χ2n) is 9.38. The van der Waals surface area contributed by atoms with Crippen LogP contribution >= 0.6 is 11.3 Å². The Kier molecular flexibility index (Phi) is 8.04. The Hall–Kier alpha value is -2.11. The summed E-state index contributed by atoms with van der Waals surface area (Å²) in [6, 6.07) is 10.6. The average molecular weight is 453 g/mol. The fourth-order valence-electron chi connectivity index (χ4n) is 5.12. The number of nitrogens with two attached hydrogens (primary N) is 1. The van der Waals surface area contributed by atoms with Gasteiger partial charge in [0, 0.05) is 36.2 Å². The number of amides is 1. The molecular formula is C27H36N2O2S. The van der Waals surface area contributed by atoms with Crippen LogP contribution in [0.3, 0.4) is 0 Å². The number of thiophene rings is 1. The summed E-state index contributed by atoms with van der Waals surface area (Å²) in [4.78, 5) is 14.0. The minimum Gasteiger partial charge on any atom is -0.490 e. The Balaban J connectivity index is 1.36. The Morgan fingerprint density at radius 2 is 1.97 bits per heavy atom. The number of carbonyl (C=O) groups excluding carboxylic acids is 1. The molecule has 1 amide bonds. The zero-order valence-corrected chi connectivity index (χ0v) is 19.8. The number of benzene rings is 1. The Labute approximate surface area is 196 Å². The third kappa shape index (κ3) is 6.02. The lowest BCUT2D eigenvalue weighted by Crippen LogP contribution is -2.39. The van der Waals surface area contributed by atoms with Gasteiger partial charge in [-0.25, -0.2) is 0 Å². The van der Waals surface area contributed by atoms with Gasteiger partial charge in [0.2, 0.25) is 5.91 Å². The third-order valence-corrected chi connectivity index (χ3v) is 7.93. The molecule has 0 saturated heterocycles. The van der Waals surface area contributed by atoms with Crippen LogP contribution in [0.2, 0.25) is 0 Å². The van der Waals surface area contributed by atoms with Gasteiger partial charge in [-0.05, 0) is 60.7 Å². The van der Waals surface area contributed by atoms with Crippen molar-refractivity contribution < 1.29 is 9.53 Å². The first-order valence-corrected chi connectivity index (χ1v) is 13.0. The molecule has 2 aromatic rings. The molecule has 2 aliphatic carbocycles. The van der Waals surface area contributed by atoms with Crippen molar-refractivity contribution in [2.24, 2.45) is 11.1 Å². The highest BCUT2D eigenvalue weighted by atomic mass is 32.1. The van der Waals surface area contributed by atoms with Crippen LogP contribution in [-0.4, -0.2) is 25.1 Å². The SMILES string of the molecule is NCC1(CC(=O)NCCC(Cc2cccs2)Oc2cccc3c2CC=CC3)CCCCC1. The summed E-state index contributed by atoms with van der Waals surface area (Å²) in [5, 5.41) is 5.28. The second kappa shape index (κ2) is 11.2. The van der Waals surface area contributed by atoms with Gasteiger partial charge in [0.05, 0.1) is 0 Å². The monoisotopic (exact) mass is 452 g/mol. The maximum atomic E-state index is 12.7. The van der Waals surface area contributed by atoms with Crippen LogP contribution in [-0.2, 0) is 24.1 Å². The minimum absolute atomic E-state index is 0.00578. The van der Waals surface area contributed by atoms with Gasteiger partial charge in [-0.1, -0.05) is 49.6 Å². The van der Waals surface area contributed by atoms with E-state index in [2.05, 4.69) is 53.2 Å². The number of fused-ring (bicyclic) bond motifs is 1. The van der Waals surface area contributed by atoms with Crippen LogP contribution in [0.25, 0.3) is 0 Å². The van der Waals surface area contributed by atoms with Crippen molar-refractivity contribution in [3.63, 3.8) is 0 Å². The fraction of sp³-hybridized carbons (Fsp3) is 0.519. The molecule has 1 aromatic carbocycles. The van der Waals surface area contributed by atoms with E-state index >= 15 is 0 Å². The Morgan fingerprint density at radius 3 is 2.75 bits per heavy atom. The third-order valence-electron chi connectivity index (χ3n) is 7.03. The number of ether oxygens (including phenoxy) is 1.